The van der Waals surface area contributed by atoms with Crippen molar-refractivity contribution in [2.24, 2.45) is 0 Å². The lowest BCUT2D eigenvalue weighted by atomic mass is 10.2. The molecular formula is C14H17BrFN3. The molecule has 0 atom stereocenters. The standard InChI is InChI=1S/C14H17BrFN3/c1-4-19-12(13(15)10(3)18-19)8-17-14-9(2)6-5-7-11(14)16/h5-7,17H,4,8H2,1-3H3. The van der Waals surface area contributed by atoms with Crippen LogP contribution >= 0.6 is 15.9 Å². The first-order valence-electron chi connectivity index (χ1n) is 6.25. The molecule has 1 heterocycles. The van der Waals surface area contributed by atoms with Crippen molar-refractivity contribution in [3.05, 3.63) is 45.4 Å². The zero-order valence-electron chi connectivity index (χ0n) is 11.3. The normalized spacial score (nSPS) is 10.8. The van der Waals surface area contributed by atoms with Crippen LogP contribution in [-0.2, 0) is 13.1 Å². The van der Waals surface area contributed by atoms with Gasteiger partial charge in [-0.15, -0.1) is 0 Å². The molecule has 0 saturated heterocycles. The van der Waals surface area contributed by atoms with E-state index in [9.17, 15) is 4.39 Å². The third-order valence-corrected chi connectivity index (χ3v) is 4.14. The van der Waals surface area contributed by atoms with Gasteiger partial charge in [0.15, 0.2) is 0 Å². The highest BCUT2D eigenvalue weighted by atomic mass is 79.9. The highest BCUT2D eigenvalue weighted by Gasteiger charge is 2.13. The maximum atomic E-state index is 13.7. The van der Waals surface area contributed by atoms with Crippen molar-refractivity contribution in [3.63, 3.8) is 0 Å². The Hall–Kier alpha value is -1.36. The Morgan fingerprint density at radius 3 is 2.74 bits per heavy atom. The molecule has 5 heteroatoms. The number of benzene rings is 1. The summed E-state index contributed by atoms with van der Waals surface area (Å²) in [5.41, 5.74) is 3.43. The Bertz CT molecular complexity index is 572. The predicted octanol–water partition coefficient (Wildman–Crippen LogP) is 4.03. The van der Waals surface area contributed by atoms with Crippen LogP contribution in [0.25, 0.3) is 0 Å². The first-order chi connectivity index (χ1) is 9.04. The van der Waals surface area contributed by atoms with Gasteiger partial charge in [0, 0.05) is 6.54 Å². The average molecular weight is 326 g/mol. The molecule has 19 heavy (non-hydrogen) atoms. The second-order valence-electron chi connectivity index (χ2n) is 4.45. The number of nitrogens with one attached hydrogen (secondary N) is 1. The number of aromatic nitrogens is 2. The van der Waals surface area contributed by atoms with Gasteiger partial charge in [0.2, 0.25) is 0 Å². The van der Waals surface area contributed by atoms with Gasteiger partial charge in [-0.2, -0.15) is 5.10 Å². The SMILES string of the molecule is CCn1nc(C)c(Br)c1CNc1c(C)cccc1F. The van der Waals surface area contributed by atoms with Gasteiger partial charge in [0.1, 0.15) is 5.82 Å². The maximum Gasteiger partial charge on any atom is 0.146 e. The molecule has 0 fully saturated rings. The predicted molar refractivity (Wildman–Crippen MR) is 78.8 cm³/mol. The zero-order valence-corrected chi connectivity index (χ0v) is 12.9. The molecule has 0 amide bonds. The van der Waals surface area contributed by atoms with Crippen LogP contribution in [0.2, 0.25) is 0 Å². The average Bonchev–Trinajstić information content (AvgIpc) is 2.65. The van der Waals surface area contributed by atoms with E-state index in [1.165, 1.54) is 6.07 Å². The van der Waals surface area contributed by atoms with Gasteiger partial charge >= 0.3 is 0 Å². The lowest BCUT2D eigenvalue weighted by Gasteiger charge is -2.12. The van der Waals surface area contributed by atoms with Crippen molar-refractivity contribution in [3.8, 4) is 0 Å². The number of hydrogen-bond acceptors (Lipinski definition) is 2. The molecule has 0 saturated carbocycles. The Kier molecular flexibility index (Phi) is 4.24. The van der Waals surface area contributed by atoms with E-state index in [1.807, 2.05) is 31.5 Å². The molecule has 0 spiro atoms. The van der Waals surface area contributed by atoms with E-state index in [0.29, 0.717) is 12.2 Å². The van der Waals surface area contributed by atoms with Crippen LogP contribution in [-0.4, -0.2) is 9.78 Å². The summed E-state index contributed by atoms with van der Waals surface area (Å²) >= 11 is 3.54. The minimum Gasteiger partial charge on any atom is -0.377 e. The summed E-state index contributed by atoms with van der Waals surface area (Å²) in [5, 5.41) is 7.58. The van der Waals surface area contributed by atoms with E-state index < -0.39 is 0 Å². The second-order valence-corrected chi connectivity index (χ2v) is 5.24. The Morgan fingerprint density at radius 2 is 2.11 bits per heavy atom. The molecule has 3 nitrogen and oxygen atoms in total. The Labute approximate surface area is 121 Å². The van der Waals surface area contributed by atoms with E-state index in [4.69, 9.17) is 0 Å². The van der Waals surface area contributed by atoms with Gasteiger partial charge in [-0.1, -0.05) is 12.1 Å². The topological polar surface area (TPSA) is 29.9 Å². The number of halogens is 2. The molecule has 1 aromatic carbocycles. The van der Waals surface area contributed by atoms with Crippen LogP contribution in [0.15, 0.2) is 22.7 Å². The molecule has 2 aromatic rings. The number of hydrogen-bond donors (Lipinski definition) is 1. The summed E-state index contributed by atoms with van der Waals surface area (Å²) in [4.78, 5) is 0. The van der Waals surface area contributed by atoms with Crippen molar-refractivity contribution in [1.29, 1.82) is 0 Å². The molecule has 0 aliphatic carbocycles. The van der Waals surface area contributed by atoms with Crippen LogP contribution in [0.4, 0.5) is 10.1 Å². The van der Waals surface area contributed by atoms with Gasteiger partial charge in [-0.25, -0.2) is 4.39 Å². The first-order valence-corrected chi connectivity index (χ1v) is 7.04. The molecule has 0 unspecified atom stereocenters. The van der Waals surface area contributed by atoms with Crippen molar-refractivity contribution in [1.82, 2.24) is 9.78 Å². The summed E-state index contributed by atoms with van der Waals surface area (Å²) in [6.45, 7) is 7.21. The smallest absolute Gasteiger partial charge is 0.146 e. The van der Waals surface area contributed by atoms with Crippen molar-refractivity contribution in [2.45, 2.75) is 33.9 Å². The highest BCUT2D eigenvalue weighted by molar-refractivity contribution is 9.10. The van der Waals surface area contributed by atoms with Gasteiger partial charge in [0.25, 0.3) is 0 Å². The lowest BCUT2D eigenvalue weighted by Crippen LogP contribution is -2.10. The molecule has 1 N–H and O–H groups in total. The molecule has 0 aliphatic heterocycles. The second kappa shape index (κ2) is 5.74. The minimum atomic E-state index is -0.226. The van der Waals surface area contributed by atoms with Crippen LogP contribution in [0.5, 0.6) is 0 Å². The molecule has 0 bridgehead atoms. The van der Waals surface area contributed by atoms with E-state index in [2.05, 4.69) is 26.3 Å². The molecule has 2 rings (SSSR count). The van der Waals surface area contributed by atoms with E-state index in [1.54, 1.807) is 6.07 Å². The van der Waals surface area contributed by atoms with Gasteiger partial charge in [-0.05, 0) is 48.3 Å². The largest absolute Gasteiger partial charge is 0.377 e. The third kappa shape index (κ3) is 2.81. The Morgan fingerprint density at radius 1 is 1.37 bits per heavy atom. The summed E-state index contributed by atoms with van der Waals surface area (Å²) in [5.74, 6) is -0.226. The lowest BCUT2D eigenvalue weighted by molar-refractivity contribution is 0.615. The number of nitrogens with zero attached hydrogens (tertiary/aromatic N) is 2. The molecular weight excluding hydrogens is 309 g/mol. The van der Waals surface area contributed by atoms with Gasteiger partial charge in [0.05, 0.1) is 28.1 Å². The van der Waals surface area contributed by atoms with Crippen LogP contribution in [0.1, 0.15) is 23.9 Å². The highest BCUT2D eigenvalue weighted by Crippen LogP contribution is 2.24. The maximum absolute atomic E-state index is 13.7. The first kappa shape index (κ1) is 14.1. The zero-order chi connectivity index (χ0) is 14.0. The molecule has 0 radical (unpaired) electrons. The van der Waals surface area contributed by atoms with Crippen LogP contribution in [0.3, 0.4) is 0 Å². The van der Waals surface area contributed by atoms with E-state index >= 15 is 0 Å². The molecule has 102 valence electrons. The minimum absolute atomic E-state index is 0.226. The summed E-state index contributed by atoms with van der Waals surface area (Å²) < 4.78 is 16.6. The van der Waals surface area contributed by atoms with E-state index in [0.717, 1.165) is 28.0 Å². The summed E-state index contributed by atoms with van der Waals surface area (Å²) in [6, 6.07) is 5.07. The fourth-order valence-corrected chi connectivity index (χ4v) is 2.49. The van der Waals surface area contributed by atoms with Crippen LogP contribution in [0, 0.1) is 19.7 Å². The quantitative estimate of drug-likeness (QED) is 0.919. The fraction of sp³-hybridized carbons (Fsp3) is 0.357. The number of para-hydroxylation sites is 1. The summed E-state index contributed by atoms with van der Waals surface area (Å²) in [7, 11) is 0. The van der Waals surface area contributed by atoms with Crippen molar-refractivity contribution < 1.29 is 4.39 Å². The number of rotatable bonds is 4. The van der Waals surface area contributed by atoms with E-state index in [-0.39, 0.29) is 5.82 Å². The third-order valence-electron chi connectivity index (χ3n) is 3.11. The van der Waals surface area contributed by atoms with Crippen LogP contribution < -0.4 is 5.32 Å². The molecule has 1 aromatic heterocycles. The Balaban J connectivity index is 2.24. The molecule has 0 aliphatic rings. The summed E-state index contributed by atoms with van der Waals surface area (Å²) in [6.07, 6.45) is 0. The fourth-order valence-electron chi connectivity index (χ4n) is 2.07. The monoisotopic (exact) mass is 325 g/mol. The van der Waals surface area contributed by atoms with Gasteiger partial charge in [-0.3, -0.25) is 4.68 Å². The van der Waals surface area contributed by atoms with Crippen molar-refractivity contribution in [2.75, 3.05) is 5.32 Å². The van der Waals surface area contributed by atoms with Crippen molar-refractivity contribution >= 4 is 21.6 Å². The van der Waals surface area contributed by atoms with Gasteiger partial charge < -0.3 is 5.32 Å². The number of aryl methyl sites for hydroxylation is 3. The number of anilines is 1.